The molecule has 2 heterocycles. The van der Waals surface area contributed by atoms with Crippen molar-refractivity contribution in [3.8, 4) is 0 Å². The molecule has 2 aliphatic rings. The zero-order valence-corrected chi connectivity index (χ0v) is 12.2. The van der Waals surface area contributed by atoms with Crippen molar-refractivity contribution in [1.82, 2.24) is 8.96 Å². The summed E-state index contributed by atoms with van der Waals surface area (Å²) >= 11 is -0.858. The van der Waals surface area contributed by atoms with E-state index in [0.29, 0.717) is 5.92 Å². The van der Waals surface area contributed by atoms with Gasteiger partial charge in [-0.2, -0.15) is 0 Å². The van der Waals surface area contributed by atoms with Gasteiger partial charge in [0.25, 0.3) is 0 Å². The quantitative estimate of drug-likeness (QED) is 0.852. The van der Waals surface area contributed by atoms with Crippen molar-refractivity contribution in [3.63, 3.8) is 0 Å². The molecule has 4 rings (SSSR count). The standard InChI is InChI=1S/C15H17N3OS/c1-10-4-2-3-5-12(10)15(19)20-14(11-6-7-11)17-13-8-16-9-18(13)20/h2-5,8-9,11,15,19-20H,6-7H2,1H3. The molecule has 1 N–H and O–H groups in total. The molecule has 0 radical (unpaired) electrons. The van der Waals surface area contributed by atoms with Crippen molar-refractivity contribution in [2.24, 2.45) is 10.9 Å². The molecule has 0 bridgehead atoms. The van der Waals surface area contributed by atoms with Gasteiger partial charge in [-0.15, -0.1) is 0 Å². The van der Waals surface area contributed by atoms with Gasteiger partial charge >= 0.3 is 0 Å². The number of hydrogen-bond donors (Lipinski definition) is 2. The number of nitrogens with zero attached hydrogens (tertiary/aromatic N) is 3. The molecule has 1 saturated carbocycles. The SMILES string of the molecule is Cc1ccccc1C(O)[SH]1C(C2CC2)=Nc2cncn21. The predicted octanol–water partition coefficient (Wildman–Crippen LogP) is 3.10. The number of aromatic nitrogens is 2. The first kappa shape index (κ1) is 12.2. The van der Waals surface area contributed by atoms with E-state index in [4.69, 9.17) is 4.99 Å². The summed E-state index contributed by atoms with van der Waals surface area (Å²) in [7, 11) is 0. The lowest BCUT2D eigenvalue weighted by Gasteiger charge is -2.27. The number of fused-ring (bicyclic) bond motifs is 1. The van der Waals surface area contributed by atoms with Crippen LogP contribution in [0.1, 0.15) is 29.4 Å². The van der Waals surface area contributed by atoms with Crippen molar-refractivity contribution >= 4 is 21.9 Å². The average molecular weight is 287 g/mol. The van der Waals surface area contributed by atoms with Crippen LogP contribution >= 0.6 is 11.1 Å². The number of aryl methyl sites for hydroxylation is 1. The number of aliphatic hydroxyl groups excluding tert-OH is 1. The largest absolute Gasteiger partial charge is 0.378 e. The zero-order valence-electron chi connectivity index (χ0n) is 11.3. The molecular formula is C15H17N3OS. The van der Waals surface area contributed by atoms with Crippen LogP contribution in [0.5, 0.6) is 0 Å². The van der Waals surface area contributed by atoms with Gasteiger partial charge in [-0.25, -0.2) is 9.98 Å². The Morgan fingerprint density at radius 3 is 2.90 bits per heavy atom. The van der Waals surface area contributed by atoms with Crippen LogP contribution in [0.4, 0.5) is 5.82 Å². The van der Waals surface area contributed by atoms with Gasteiger partial charge in [0.05, 0.1) is 11.2 Å². The van der Waals surface area contributed by atoms with E-state index in [-0.39, 0.29) is 0 Å². The Kier molecular flexibility index (Phi) is 2.72. The summed E-state index contributed by atoms with van der Waals surface area (Å²) in [6, 6.07) is 8.06. The van der Waals surface area contributed by atoms with Crippen molar-refractivity contribution in [1.29, 1.82) is 0 Å². The summed E-state index contributed by atoms with van der Waals surface area (Å²) in [5, 5.41) is 12.1. The number of thiol groups is 1. The highest BCUT2D eigenvalue weighted by Gasteiger charge is 2.39. The maximum Gasteiger partial charge on any atom is 0.162 e. The van der Waals surface area contributed by atoms with Crippen LogP contribution in [0.2, 0.25) is 0 Å². The van der Waals surface area contributed by atoms with Crippen LogP contribution in [-0.4, -0.2) is 19.1 Å². The number of aliphatic hydroxyl groups is 1. The minimum Gasteiger partial charge on any atom is -0.378 e. The number of imidazole rings is 1. The van der Waals surface area contributed by atoms with Crippen molar-refractivity contribution < 1.29 is 5.11 Å². The number of hydrogen-bond acceptors (Lipinski definition) is 3. The van der Waals surface area contributed by atoms with E-state index < -0.39 is 16.5 Å². The molecule has 1 aromatic carbocycles. The van der Waals surface area contributed by atoms with Crippen LogP contribution in [0.3, 0.4) is 0 Å². The molecule has 2 unspecified atom stereocenters. The first-order valence-electron chi connectivity index (χ1n) is 6.90. The second-order valence-electron chi connectivity index (χ2n) is 5.42. The van der Waals surface area contributed by atoms with Gasteiger partial charge in [0.1, 0.15) is 11.8 Å². The van der Waals surface area contributed by atoms with Gasteiger partial charge < -0.3 is 5.11 Å². The minimum atomic E-state index is -0.858. The second kappa shape index (κ2) is 4.46. The van der Waals surface area contributed by atoms with Crippen LogP contribution < -0.4 is 0 Å². The molecule has 0 saturated heterocycles. The summed E-state index contributed by atoms with van der Waals surface area (Å²) in [6.07, 6.45) is 6.00. The number of rotatable bonds is 3. The first-order chi connectivity index (χ1) is 9.75. The lowest BCUT2D eigenvalue weighted by molar-refractivity contribution is 0.267. The maximum absolute atomic E-state index is 10.9. The average Bonchev–Trinajstić information content (AvgIpc) is 3.08. The molecule has 1 aromatic heterocycles. The summed E-state index contributed by atoms with van der Waals surface area (Å²) < 4.78 is 2.07. The van der Waals surface area contributed by atoms with Crippen LogP contribution in [0.25, 0.3) is 0 Å². The monoisotopic (exact) mass is 287 g/mol. The van der Waals surface area contributed by atoms with E-state index in [2.05, 4.69) is 8.96 Å². The topological polar surface area (TPSA) is 50.4 Å². The molecule has 2 atom stereocenters. The fourth-order valence-electron chi connectivity index (χ4n) is 2.68. The second-order valence-corrected chi connectivity index (χ2v) is 7.48. The van der Waals surface area contributed by atoms with E-state index in [1.807, 2.05) is 31.2 Å². The van der Waals surface area contributed by atoms with Gasteiger partial charge in [-0.3, -0.25) is 3.97 Å². The number of aliphatic imine (C=N–C) groups is 1. The van der Waals surface area contributed by atoms with E-state index in [1.54, 1.807) is 12.5 Å². The van der Waals surface area contributed by atoms with Gasteiger partial charge in [0, 0.05) is 5.92 Å². The summed E-state index contributed by atoms with van der Waals surface area (Å²) in [5.74, 6) is 1.46. The molecule has 1 aliphatic heterocycles. The van der Waals surface area contributed by atoms with E-state index in [1.165, 1.54) is 17.9 Å². The fraction of sp³-hybridized carbons (Fsp3) is 0.333. The van der Waals surface area contributed by atoms with Crippen molar-refractivity contribution in [3.05, 3.63) is 47.9 Å². The zero-order chi connectivity index (χ0) is 13.7. The highest BCUT2D eigenvalue weighted by atomic mass is 32.2. The molecule has 0 amide bonds. The van der Waals surface area contributed by atoms with Gasteiger partial charge in [0.2, 0.25) is 0 Å². The molecule has 0 spiro atoms. The Morgan fingerprint density at radius 2 is 2.15 bits per heavy atom. The van der Waals surface area contributed by atoms with Crippen molar-refractivity contribution in [2.45, 2.75) is 25.2 Å². The molecule has 5 heteroatoms. The van der Waals surface area contributed by atoms with E-state index >= 15 is 0 Å². The van der Waals surface area contributed by atoms with Crippen LogP contribution in [0, 0.1) is 12.8 Å². The third-order valence-electron chi connectivity index (χ3n) is 3.94. The Balaban J connectivity index is 1.77. The summed E-state index contributed by atoms with van der Waals surface area (Å²) in [5.41, 5.74) is 1.64. The lowest BCUT2D eigenvalue weighted by atomic mass is 10.1. The first-order valence-corrected chi connectivity index (χ1v) is 8.26. The van der Waals surface area contributed by atoms with E-state index in [9.17, 15) is 5.11 Å². The molecule has 4 nitrogen and oxygen atoms in total. The Labute approximate surface area is 120 Å². The van der Waals surface area contributed by atoms with Crippen molar-refractivity contribution in [2.75, 3.05) is 0 Å². The molecule has 104 valence electrons. The molecule has 2 aromatic rings. The smallest absolute Gasteiger partial charge is 0.162 e. The van der Waals surface area contributed by atoms with Gasteiger partial charge in [0.15, 0.2) is 5.82 Å². The molecular weight excluding hydrogens is 270 g/mol. The normalized spacial score (nSPS) is 24.3. The Hall–Kier alpha value is -1.59. The Bertz CT molecular complexity index is 690. The Morgan fingerprint density at radius 1 is 1.35 bits per heavy atom. The number of benzene rings is 1. The third kappa shape index (κ3) is 1.81. The predicted molar refractivity (Wildman–Crippen MR) is 82.6 cm³/mol. The molecule has 1 fully saturated rings. The highest BCUT2D eigenvalue weighted by molar-refractivity contribution is 8.29. The lowest BCUT2D eigenvalue weighted by Crippen LogP contribution is -2.12. The molecule has 20 heavy (non-hydrogen) atoms. The molecule has 1 aliphatic carbocycles. The van der Waals surface area contributed by atoms with Crippen LogP contribution in [0.15, 0.2) is 41.8 Å². The summed E-state index contributed by atoms with van der Waals surface area (Å²) in [4.78, 5) is 8.88. The fourth-order valence-corrected chi connectivity index (χ4v) is 5.26. The van der Waals surface area contributed by atoms with E-state index in [0.717, 1.165) is 16.9 Å². The van der Waals surface area contributed by atoms with Crippen LogP contribution in [-0.2, 0) is 0 Å². The maximum atomic E-state index is 10.9. The third-order valence-corrected chi connectivity index (χ3v) is 6.39. The minimum absolute atomic E-state index is 0.499. The van der Waals surface area contributed by atoms with Gasteiger partial charge in [-0.05, 0) is 30.9 Å². The highest BCUT2D eigenvalue weighted by Crippen LogP contribution is 2.56. The van der Waals surface area contributed by atoms with Gasteiger partial charge in [-0.1, -0.05) is 35.3 Å². The summed E-state index contributed by atoms with van der Waals surface area (Å²) in [6.45, 7) is 2.05.